The number of ether oxygens (including phenoxy) is 1. The van der Waals surface area contributed by atoms with E-state index in [2.05, 4.69) is 30.4 Å². The molecule has 3 rings (SSSR count). The summed E-state index contributed by atoms with van der Waals surface area (Å²) in [6.07, 6.45) is 5.68. The Morgan fingerprint density at radius 3 is 2.75 bits per heavy atom. The number of rotatable bonds is 7. The molecule has 0 radical (unpaired) electrons. The molecule has 106 valence electrons. The zero-order valence-corrected chi connectivity index (χ0v) is 12.1. The Labute approximate surface area is 120 Å². The largest absolute Gasteiger partial charge is 0.491 e. The van der Waals surface area contributed by atoms with E-state index < -0.39 is 5.54 Å². The van der Waals surface area contributed by atoms with Gasteiger partial charge in [-0.15, -0.1) is 0 Å². The van der Waals surface area contributed by atoms with E-state index in [-0.39, 0.29) is 0 Å². The number of hydrogen-bond donors (Lipinski definition) is 1. The lowest BCUT2D eigenvalue weighted by atomic mass is 9.96. The van der Waals surface area contributed by atoms with E-state index in [0.29, 0.717) is 18.6 Å². The average Bonchev–Trinajstić information content (AvgIpc) is 3.37. The van der Waals surface area contributed by atoms with Crippen LogP contribution in [0.4, 0.5) is 0 Å². The average molecular weight is 270 g/mol. The van der Waals surface area contributed by atoms with Crippen molar-refractivity contribution in [2.24, 2.45) is 5.92 Å². The Kier molecular flexibility index (Phi) is 3.67. The first-order valence-electron chi connectivity index (χ1n) is 7.66. The van der Waals surface area contributed by atoms with Gasteiger partial charge in [0, 0.05) is 6.04 Å². The van der Waals surface area contributed by atoms with Gasteiger partial charge in [0.25, 0.3) is 0 Å². The summed E-state index contributed by atoms with van der Waals surface area (Å²) in [4.78, 5) is 0. The van der Waals surface area contributed by atoms with Crippen LogP contribution in [0.5, 0.6) is 5.75 Å². The standard InChI is InChI=1S/C17H22N2O/c1-2-13-4-3-5-16(10-13)20-12-17(11-18,14-6-7-14)19-15-8-9-15/h3-5,10,14-15,19H,2,6-9,12H2,1H3. The summed E-state index contributed by atoms with van der Waals surface area (Å²) in [5.74, 6) is 1.34. The molecule has 1 unspecified atom stereocenters. The molecular formula is C17H22N2O. The number of aryl methyl sites for hydroxylation is 1. The molecule has 1 aromatic carbocycles. The summed E-state index contributed by atoms with van der Waals surface area (Å²) >= 11 is 0. The minimum atomic E-state index is -0.483. The van der Waals surface area contributed by atoms with Gasteiger partial charge in [0.05, 0.1) is 6.07 Å². The van der Waals surface area contributed by atoms with Crippen LogP contribution in [0.1, 0.15) is 38.2 Å². The van der Waals surface area contributed by atoms with Gasteiger partial charge in [0.15, 0.2) is 0 Å². The van der Waals surface area contributed by atoms with Crippen LogP contribution in [0.25, 0.3) is 0 Å². The van der Waals surface area contributed by atoms with Crippen molar-refractivity contribution in [2.75, 3.05) is 6.61 Å². The molecule has 2 fully saturated rings. The van der Waals surface area contributed by atoms with Crippen molar-refractivity contribution in [3.05, 3.63) is 29.8 Å². The lowest BCUT2D eigenvalue weighted by molar-refractivity contribution is 0.200. The second-order valence-electron chi connectivity index (χ2n) is 6.07. The van der Waals surface area contributed by atoms with Gasteiger partial charge in [-0.05, 0) is 55.7 Å². The van der Waals surface area contributed by atoms with E-state index >= 15 is 0 Å². The Hall–Kier alpha value is -1.53. The van der Waals surface area contributed by atoms with Crippen LogP contribution in [0.3, 0.4) is 0 Å². The van der Waals surface area contributed by atoms with Crippen LogP contribution in [-0.2, 0) is 6.42 Å². The molecule has 0 spiro atoms. The summed E-state index contributed by atoms with van der Waals surface area (Å²) in [5, 5.41) is 13.2. The molecule has 2 aliphatic rings. The first-order chi connectivity index (χ1) is 9.75. The third-order valence-electron chi connectivity index (χ3n) is 4.29. The zero-order chi connectivity index (χ0) is 14.0. The highest BCUT2D eigenvalue weighted by Crippen LogP contribution is 2.41. The van der Waals surface area contributed by atoms with Crippen molar-refractivity contribution < 1.29 is 4.74 Å². The lowest BCUT2D eigenvalue weighted by Gasteiger charge is -2.28. The summed E-state index contributed by atoms with van der Waals surface area (Å²) < 4.78 is 5.95. The molecule has 0 bridgehead atoms. The molecule has 3 nitrogen and oxygen atoms in total. The van der Waals surface area contributed by atoms with Crippen molar-refractivity contribution in [2.45, 2.75) is 50.6 Å². The summed E-state index contributed by atoms with van der Waals surface area (Å²) in [6.45, 7) is 2.59. The van der Waals surface area contributed by atoms with E-state index in [1.807, 2.05) is 12.1 Å². The molecular weight excluding hydrogens is 248 g/mol. The fraction of sp³-hybridized carbons (Fsp3) is 0.588. The normalized spacial score (nSPS) is 21.0. The molecule has 0 aromatic heterocycles. The maximum Gasteiger partial charge on any atom is 0.144 e. The van der Waals surface area contributed by atoms with Gasteiger partial charge < -0.3 is 4.74 Å². The quantitative estimate of drug-likeness (QED) is 0.828. The lowest BCUT2D eigenvalue weighted by Crippen LogP contribution is -2.52. The molecule has 0 amide bonds. The highest BCUT2D eigenvalue weighted by molar-refractivity contribution is 5.29. The highest BCUT2D eigenvalue weighted by atomic mass is 16.5. The number of nitrogens with zero attached hydrogens (tertiary/aromatic N) is 1. The zero-order valence-electron chi connectivity index (χ0n) is 12.1. The van der Waals surface area contributed by atoms with Crippen LogP contribution in [0, 0.1) is 17.2 Å². The van der Waals surface area contributed by atoms with Crippen LogP contribution in [-0.4, -0.2) is 18.2 Å². The molecule has 1 atom stereocenters. The van der Waals surface area contributed by atoms with Gasteiger partial charge >= 0.3 is 0 Å². The monoisotopic (exact) mass is 270 g/mol. The van der Waals surface area contributed by atoms with E-state index in [9.17, 15) is 5.26 Å². The highest BCUT2D eigenvalue weighted by Gasteiger charge is 2.49. The maximum absolute atomic E-state index is 9.65. The number of nitriles is 1. The van der Waals surface area contributed by atoms with Gasteiger partial charge in [-0.2, -0.15) is 5.26 Å². The molecule has 0 aliphatic heterocycles. The second-order valence-corrected chi connectivity index (χ2v) is 6.07. The summed E-state index contributed by atoms with van der Waals surface area (Å²) in [6, 6.07) is 11.2. The number of hydrogen-bond acceptors (Lipinski definition) is 3. The van der Waals surface area contributed by atoms with E-state index in [1.54, 1.807) is 0 Å². The van der Waals surface area contributed by atoms with Crippen molar-refractivity contribution in [3.8, 4) is 11.8 Å². The van der Waals surface area contributed by atoms with E-state index in [0.717, 1.165) is 25.0 Å². The molecule has 1 N–H and O–H groups in total. The number of nitrogens with one attached hydrogen (secondary N) is 1. The maximum atomic E-state index is 9.65. The van der Waals surface area contributed by atoms with Gasteiger partial charge in [0.2, 0.25) is 0 Å². The third-order valence-corrected chi connectivity index (χ3v) is 4.29. The Morgan fingerprint density at radius 1 is 1.35 bits per heavy atom. The van der Waals surface area contributed by atoms with Crippen LogP contribution >= 0.6 is 0 Å². The van der Waals surface area contributed by atoms with Crippen molar-refractivity contribution in [1.82, 2.24) is 5.32 Å². The third kappa shape index (κ3) is 2.96. The minimum Gasteiger partial charge on any atom is -0.491 e. The van der Waals surface area contributed by atoms with Crippen LogP contribution in [0.2, 0.25) is 0 Å². The predicted octanol–water partition coefficient (Wildman–Crippen LogP) is 3.05. The molecule has 2 aliphatic carbocycles. The van der Waals surface area contributed by atoms with E-state index in [4.69, 9.17) is 4.74 Å². The van der Waals surface area contributed by atoms with Crippen molar-refractivity contribution >= 4 is 0 Å². The van der Waals surface area contributed by atoms with Gasteiger partial charge in [-0.25, -0.2) is 0 Å². The fourth-order valence-corrected chi connectivity index (χ4v) is 2.65. The summed E-state index contributed by atoms with van der Waals surface area (Å²) in [5.41, 5.74) is 0.787. The van der Waals surface area contributed by atoms with Gasteiger partial charge in [-0.3, -0.25) is 5.32 Å². The topological polar surface area (TPSA) is 45.0 Å². The van der Waals surface area contributed by atoms with Crippen LogP contribution in [0.15, 0.2) is 24.3 Å². The SMILES string of the molecule is CCc1cccc(OCC(C#N)(NC2CC2)C2CC2)c1. The molecule has 20 heavy (non-hydrogen) atoms. The van der Waals surface area contributed by atoms with E-state index in [1.165, 1.54) is 18.4 Å². The van der Waals surface area contributed by atoms with Crippen molar-refractivity contribution in [3.63, 3.8) is 0 Å². The Bertz CT molecular complexity index is 514. The minimum absolute atomic E-state index is 0.456. The van der Waals surface area contributed by atoms with Gasteiger partial charge in [0.1, 0.15) is 17.9 Å². The number of benzene rings is 1. The molecule has 0 heterocycles. The second kappa shape index (κ2) is 5.46. The van der Waals surface area contributed by atoms with Crippen LogP contribution < -0.4 is 10.1 Å². The Morgan fingerprint density at radius 2 is 2.15 bits per heavy atom. The molecule has 1 aromatic rings. The first-order valence-corrected chi connectivity index (χ1v) is 7.66. The Balaban J connectivity index is 1.68. The predicted molar refractivity (Wildman–Crippen MR) is 78.5 cm³/mol. The fourth-order valence-electron chi connectivity index (χ4n) is 2.65. The molecule has 0 saturated heterocycles. The van der Waals surface area contributed by atoms with Gasteiger partial charge in [-0.1, -0.05) is 19.1 Å². The smallest absolute Gasteiger partial charge is 0.144 e. The molecule has 3 heteroatoms. The first kappa shape index (κ1) is 13.5. The van der Waals surface area contributed by atoms with Crippen molar-refractivity contribution in [1.29, 1.82) is 5.26 Å². The molecule has 2 saturated carbocycles. The summed E-state index contributed by atoms with van der Waals surface area (Å²) in [7, 11) is 0.